The van der Waals surface area contributed by atoms with E-state index in [4.69, 9.17) is 5.11 Å². The lowest BCUT2D eigenvalue weighted by atomic mass is 9.91. The number of nitrogens with one attached hydrogen (secondary N) is 1. The highest BCUT2D eigenvalue weighted by molar-refractivity contribution is 5.66. The Hall–Kier alpha value is -1.99. The van der Waals surface area contributed by atoms with Crippen molar-refractivity contribution in [1.29, 1.82) is 0 Å². The van der Waals surface area contributed by atoms with E-state index in [1.807, 2.05) is 37.3 Å². The van der Waals surface area contributed by atoms with E-state index in [0.717, 1.165) is 81.9 Å². The summed E-state index contributed by atoms with van der Waals surface area (Å²) >= 11 is 0. The molecule has 6 heteroatoms. The zero-order valence-corrected chi connectivity index (χ0v) is 23.1. The fourth-order valence-corrected chi connectivity index (χ4v) is 4.64. The number of rotatable bonds is 22. The van der Waals surface area contributed by atoms with Crippen LogP contribution < -0.4 is 5.32 Å². The molecule has 6 nitrogen and oxygen atoms in total. The first-order valence-electron chi connectivity index (χ1n) is 14.2. The first-order chi connectivity index (χ1) is 17.9. The average molecular weight is 518 g/mol. The fraction of sp³-hybridized carbons (Fsp3) is 0.645. The topological polar surface area (TPSA) is 110 Å². The smallest absolute Gasteiger partial charge is 0.303 e. The number of aryl methyl sites for hydroxylation is 1. The lowest BCUT2D eigenvalue weighted by Gasteiger charge is -2.19. The van der Waals surface area contributed by atoms with Crippen molar-refractivity contribution in [3.8, 4) is 0 Å². The number of benzene rings is 1. The molecule has 0 spiro atoms. The maximum Gasteiger partial charge on any atom is 0.303 e. The van der Waals surface area contributed by atoms with Gasteiger partial charge in [-0.15, -0.1) is 0 Å². The zero-order valence-electron chi connectivity index (χ0n) is 23.1. The summed E-state index contributed by atoms with van der Waals surface area (Å²) in [5.74, 6) is -0.766. The largest absolute Gasteiger partial charge is 0.481 e. The van der Waals surface area contributed by atoms with Crippen LogP contribution in [-0.4, -0.2) is 57.8 Å². The summed E-state index contributed by atoms with van der Waals surface area (Å²) < 4.78 is 0. The molecule has 0 saturated heterocycles. The van der Waals surface area contributed by atoms with Crippen LogP contribution >= 0.6 is 0 Å². The van der Waals surface area contributed by atoms with Crippen LogP contribution in [0.15, 0.2) is 53.6 Å². The molecule has 0 radical (unpaired) electrons. The van der Waals surface area contributed by atoms with E-state index >= 15 is 0 Å². The van der Waals surface area contributed by atoms with Crippen molar-refractivity contribution in [2.45, 2.75) is 116 Å². The normalized spacial score (nSPS) is 14.9. The number of carboxylic acids is 1. The van der Waals surface area contributed by atoms with Crippen molar-refractivity contribution in [2.75, 3.05) is 13.2 Å². The maximum absolute atomic E-state index is 11.0. The molecule has 0 bridgehead atoms. The molecule has 0 fully saturated rings. The molecule has 0 aliphatic heterocycles. The van der Waals surface area contributed by atoms with Crippen LogP contribution in [0.3, 0.4) is 0 Å². The molecule has 0 aromatic heterocycles. The Labute approximate surface area is 224 Å². The van der Waals surface area contributed by atoms with Gasteiger partial charge in [0.1, 0.15) is 0 Å². The van der Waals surface area contributed by atoms with E-state index in [9.17, 15) is 20.1 Å². The molecule has 0 saturated carbocycles. The molecular weight excluding hydrogens is 466 g/mol. The van der Waals surface area contributed by atoms with E-state index < -0.39 is 18.2 Å². The van der Waals surface area contributed by atoms with Crippen LogP contribution in [0.1, 0.15) is 96.5 Å². The molecule has 3 atom stereocenters. The molecule has 5 N–H and O–H groups in total. The van der Waals surface area contributed by atoms with Crippen LogP contribution in [0.5, 0.6) is 0 Å². The van der Waals surface area contributed by atoms with Gasteiger partial charge >= 0.3 is 5.97 Å². The number of allylic oxidation sites excluding steroid dienone is 2. The summed E-state index contributed by atoms with van der Waals surface area (Å²) in [5, 5.41) is 42.7. The Morgan fingerprint density at radius 3 is 2.32 bits per heavy atom. The molecule has 0 amide bonds. The number of hydrogen-bond acceptors (Lipinski definition) is 5. The van der Waals surface area contributed by atoms with Gasteiger partial charge in [-0.3, -0.25) is 4.79 Å². The molecule has 1 aromatic rings. The average Bonchev–Trinajstić information content (AvgIpc) is 2.89. The number of aliphatic carboxylic acids is 1. The summed E-state index contributed by atoms with van der Waals surface area (Å²) in [6.07, 6.45) is 13.0. The summed E-state index contributed by atoms with van der Waals surface area (Å²) in [6.45, 7) is 4.72. The number of carboxylic acid groups (broad SMARTS) is 1. The molecule has 0 heterocycles. The second-order valence-corrected chi connectivity index (χ2v) is 10.0. The number of aliphatic hydroxyl groups excluding tert-OH is 3. The van der Waals surface area contributed by atoms with E-state index in [1.165, 1.54) is 5.56 Å². The van der Waals surface area contributed by atoms with Crippen molar-refractivity contribution in [2.24, 2.45) is 0 Å². The molecule has 210 valence electrons. The summed E-state index contributed by atoms with van der Waals surface area (Å²) in [4.78, 5) is 11.0. The van der Waals surface area contributed by atoms with E-state index in [0.29, 0.717) is 12.8 Å². The third kappa shape index (κ3) is 16.5. The number of hydrogen-bond donors (Lipinski definition) is 5. The van der Waals surface area contributed by atoms with Gasteiger partial charge in [-0.1, -0.05) is 87.6 Å². The second-order valence-electron chi connectivity index (χ2n) is 10.0. The van der Waals surface area contributed by atoms with Gasteiger partial charge in [-0.2, -0.15) is 0 Å². The van der Waals surface area contributed by atoms with Crippen LogP contribution in [0, 0.1) is 0 Å². The molecule has 1 aromatic carbocycles. The Kier molecular flexibility index (Phi) is 18.8. The minimum absolute atomic E-state index is 0.167. The molecule has 3 unspecified atom stereocenters. The highest BCUT2D eigenvalue weighted by atomic mass is 16.4. The molecule has 1 rings (SSSR count). The highest BCUT2D eigenvalue weighted by Crippen LogP contribution is 2.25. The molecule has 0 aliphatic rings. The maximum atomic E-state index is 11.0. The summed E-state index contributed by atoms with van der Waals surface area (Å²) in [6, 6.07) is 10.5. The number of aliphatic hydroxyl groups is 3. The lowest BCUT2D eigenvalue weighted by molar-refractivity contribution is -0.137. The third-order valence-electron chi connectivity index (χ3n) is 6.78. The van der Waals surface area contributed by atoms with Gasteiger partial charge in [0.05, 0.1) is 18.8 Å². The monoisotopic (exact) mass is 517 g/mol. The Balaban J connectivity index is 2.98. The van der Waals surface area contributed by atoms with Gasteiger partial charge in [-0.25, -0.2) is 0 Å². The lowest BCUT2D eigenvalue weighted by Crippen LogP contribution is -2.29. The van der Waals surface area contributed by atoms with Gasteiger partial charge in [0.2, 0.25) is 0 Å². The van der Waals surface area contributed by atoms with Crippen LogP contribution in [0.25, 0.3) is 0 Å². The van der Waals surface area contributed by atoms with Crippen molar-refractivity contribution in [1.82, 2.24) is 5.32 Å². The van der Waals surface area contributed by atoms with E-state index in [2.05, 4.69) is 24.4 Å². The molecule has 37 heavy (non-hydrogen) atoms. The highest BCUT2D eigenvalue weighted by Gasteiger charge is 2.14. The fourth-order valence-electron chi connectivity index (χ4n) is 4.64. The zero-order chi connectivity index (χ0) is 27.3. The minimum Gasteiger partial charge on any atom is -0.481 e. The third-order valence-corrected chi connectivity index (χ3v) is 6.78. The van der Waals surface area contributed by atoms with Gasteiger partial charge in [0.15, 0.2) is 0 Å². The predicted molar refractivity (Wildman–Crippen MR) is 152 cm³/mol. The second kappa shape index (κ2) is 21.0. The Morgan fingerprint density at radius 1 is 0.946 bits per heavy atom. The van der Waals surface area contributed by atoms with Crippen molar-refractivity contribution < 1.29 is 25.2 Å². The summed E-state index contributed by atoms with van der Waals surface area (Å²) in [7, 11) is 0. The Bertz CT molecular complexity index is 777. The van der Waals surface area contributed by atoms with Crippen LogP contribution in [0.4, 0.5) is 0 Å². The molecule has 0 aliphatic carbocycles. The number of unbranched alkanes of at least 4 members (excludes halogenated alkanes) is 3. The standard InChI is InChI=1S/C31H51NO5/c1-3-5-7-16-29(34)21-19-26(18-17-25-12-8-6-9-13-25)27(23-30(35)24-33)14-10-11-15-28(32-4-2)20-22-31(36)37/h6,8-9,12-13,19,21,28-30,32-35H,3-5,7,10-11,14-18,20,22-24H2,1-2H3,(H,36,37). The predicted octanol–water partition coefficient (Wildman–Crippen LogP) is 5.56. The van der Waals surface area contributed by atoms with Gasteiger partial charge < -0.3 is 25.7 Å². The molecular formula is C31H51NO5. The van der Waals surface area contributed by atoms with Crippen molar-refractivity contribution >= 4 is 5.97 Å². The van der Waals surface area contributed by atoms with E-state index in [-0.39, 0.29) is 19.1 Å². The van der Waals surface area contributed by atoms with Gasteiger partial charge in [0, 0.05) is 12.5 Å². The first kappa shape index (κ1) is 33.0. The summed E-state index contributed by atoms with van der Waals surface area (Å²) in [5.41, 5.74) is 3.49. The SMILES string of the molecule is CCCCCC(O)C=CC(CCc1ccccc1)=C(CCCCC(CCC(=O)O)NCC)CC(O)CO. The van der Waals surface area contributed by atoms with Gasteiger partial charge in [-0.05, 0) is 69.0 Å². The van der Waals surface area contributed by atoms with Crippen LogP contribution in [0.2, 0.25) is 0 Å². The first-order valence-corrected chi connectivity index (χ1v) is 14.2. The van der Waals surface area contributed by atoms with Crippen molar-refractivity contribution in [3.63, 3.8) is 0 Å². The van der Waals surface area contributed by atoms with Crippen molar-refractivity contribution in [3.05, 3.63) is 59.2 Å². The Morgan fingerprint density at radius 2 is 1.68 bits per heavy atom. The van der Waals surface area contributed by atoms with Crippen LogP contribution in [-0.2, 0) is 11.2 Å². The number of carbonyl (C=O) groups is 1. The minimum atomic E-state index is -0.810. The van der Waals surface area contributed by atoms with Gasteiger partial charge in [0.25, 0.3) is 0 Å². The quantitative estimate of drug-likeness (QED) is 0.102. The van der Waals surface area contributed by atoms with E-state index in [1.54, 1.807) is 0 Å².